The lowest BCUT2D eigenvalue weighted by Gasteiger charge is -2.56. The van der Waals surface area contributed by atoms with E-state index in [2.05, 4.69) is 16.5 Å². The van der Waals surface area contributed by atoms with E-state index in [1.807, 2.05) is 11.1 Å². The molecule has 1 N–H and O–H groups in total. The van der Waals surface area contributed by atoms with E-state index in [1.54, 1.807) is 13.3 Å². The summed E-state index contributed by atoms with van der Waals surface area (Å²) in [5, 5.41) is 10.1. The number of aromatic nitrogens is 2. The van der Waals surface area contributed by atoms with Gasteiger partial charge in [-0.2, -0.15) is 0 Å². The van der Waals surface area contributed by atoms with Gasteiger partial charge in [0.2, 0.25) is 5.91 Å². The number of aliphatic hydroxyl groups is 1. The topological polar surface area (TPSA) is 67.6 Å². The van der Waals surface area contributed by atoms with E-state index in [4.69, 9.17) is 4.74 Å². The van der Waals surface area contributed by atoms with Gasteiger partial charge in [0.05, 0.1) is 12.2 Å². The number of methoxy groups -OCH3 is 1. The Morgan fingerprint density at radius 2 is 2.22 bits per heavy atom. The van der Waals surface area contributed by atoms with Gasteiger partial charge in [-0.1, -0.05) is 6.92 Å². The lowest BCUT2D eigenvalue weighted by molar-refractivity contribution is -0.202. The molecule has 0 radical (unpaired) electrons. The molecular weight excluding hydrogens is 294 g/mol. The second kappa shape index (κ2) is 6.61. The van der Waals surface area contributed by atoms with Gasteiger partial charge in [0.25, 0.3) is 0 Å². The molecule has 0 bridgehead atoms. The van der Waals surface area contributed by atoms with Gasteiger partial charge in [0.15, 0.2) is 0 Å². The minimum atomic E-state index is -0.275. The Balaban J connectivity index is 1.51. The smallest absolute Gasteiger partial charge is 0.224 e. The second-order valence-corrected chi connectivity index (χ2v) is 6.73. The van der Waals surface area contributed by atoms with Gasteiger partial charge < -0.3 is 19.3 Å². The number of aliphatic hydroxyl groups excluding tert-OH is 1. The van der Waals surface area contributed by atoms with Crippen molar-refractivity contribution < 1.29 is 14.6 Å². The van der Waals surface area contributed by atoms with E-state index in [0.717, 1.165) is 44.6 Å². The highest BCUT2D eigenvalue weighted by Crippen LogP contribution is 2.50. The molecule has 0 aromatic carbocycles. The van der Waals surface area contributed by atoms with Crippen molar-refractivity contribution >= 4 is 5.91 Å². The van der Waals surface area contributed by atoms with Crippen molar-refractivity contribution in [3.05, 3.63) is 18.2 Å². The van der Waals surface area contributed by atoms with Crippen LogP contribution in [-0.4, -0.2) is 57.9 Å². The van der Waals surface area contributed by atoms with Crippen LogP contribution in [0.15, 0.2) is 12.4 Å². The number of piperidine rings is 1. The molecule has 1 spiro atoms. The monoisotopic (exact) mass is 321 g/mol. The van der Waals surface area contributed by atoms with Crippen molar-refractivity contribution in [3.63, 3.8) is 0 Å². The summed E-state index contributed by atoms with van der Waals surface area (Å²) in [4.78, 5) is 18.7. The van der Waals surface area contributed by atoms with E-state index in [9.17, 15) is 9.90 Å². The molecule has 1 aliphatic carbocycles. The van der Waals surface area contributed by atoms with E-state index in [-0.39, 0.29) is 23.5 Å². The number of hydrogen-bond acceptors (Lipinski definition) is 4. The van der Waals surface area contributed by atoms with Gasteiger partial charge in [-0.25, -0.2) is 4.98 Å². The first kappa shape index (κ1) is 16.5. The average Bonchev–Trinajstić information content (AvgIpc) is 3.05. The maximum atomic E-state index is 12.4. The van der Waals surface area contributed by atoms with Crippen LogP contribution in [0.2, 0.25) is 0 Å². The molecule has 1 aromatic heterocycles. The quantitative estimate of drug-likeness (QED) is 0.885. The van der Waals surface area contributed by atoms with Gasteiger partial charge in [0.1, 0.15) is 5.82 Å². The van der Waals surface area contributed by atoms with Crippen LogP contribution in [0.5, 0.6) is 0 Å². The Kier molecular flexibility index (Phi) is 4.73. The number of hydrogen-bond donors (Lipinski definition) is 1. The zero-order valence-corrected chi connectivity index (χ0v) is 14.1. The van der Waals surface area contributed by atoms with Crippen molar-refractivity contribution in [1.82, 2.24) is 14.5 Å². The molecule has 0 unspecified atom stereocenters. The maximum Gasteiger partial charge on any atom is 0.224 e. The summed E-state index contributed by atoms with van der Waals surface area (Å²) < 4.78 is 7.55. The van der Waals surface area contributed by atoms with Crippen molar-refractivity contribution in [2.75, 3.05) is 20.2 Å². The number of nitrogens with zero attached hydrogens (tertiary/aromatic N) is 3. The molecule has 1 amide bonds. The highest BCUT2D eigenvalue weighted by molar-refractivity contribution is 5.76. The molecule has 1 saturated heterocycles. The Bertz CT molecular complexity index is 549. The van der Waals surface area contributed by atoms with Crippen LogP contribution in [0.25, 0.3) is 0 Å². The Morgan fingerprint density at radius 1 is 1.48 bits per heavy atom. The summed E-state index contributed by atoms with van der Waals surface area (Å²) in [5.41, 5.74) is -0.120. The first-order chi connectivity index (χ1) is 11.1. The molecular formula is C17H27N3O3. The molecule has 2 fully saturated rings. The van der Waals surface area contributed by atoms with Crippen LogP contribution in [0.4, 0.5) is 0 Å². The van der Waals surface area contributed by atoms with Crippen LogP contribution >= 0.6 is 0 Å². The summed E-state index contributed by atoms with van der Waals surface area (Å²) >= 11 is 0. The lowest BCUT2D eigenvalue weighted by atomic mass is 9.58. The number of likely N-dealkylation sites (tertiary alicyclic amines) is 1. The molecule has 2 heterocycles. The summed E-state index contributed by atoms with van der Waals surface area (Å²) in [6.07, 6.45) is 7.38. The molecule has 2 atom stereocenters. The fourth-order valence-electron chi connectivity index (χ4n) is 4.12. The number of carbonyl (C=O) groups is 1. The van der Waals surface area contributed by atoms with Crippen molar-refractivity contribution in [1.29, 1.82) is 0 Å². The maximum absolute atomic E-state index is 12.4. The molecule has 1 aromatic rings. The van der Waals surface area contributed by atoms with Gasteiger partial charge in [0, 0.05) is 63.8 Å². The Hall–Kier alpha value is -1.40. The Labute approximate surface area is 137 Å². The summed E-state index contributed by atoms with van der Waals surface area (Å²) in [6.45, 7) is 4.20. The molecule has 1 aliphatic heterocycles. The second-order valence-electron chi connectivity index (χ2n) is 6.73. The first-order valence-electron chi connectivity index (χ1n) is 8.59. The van der Waals surface area contributed by atoms with E-state index in [1.165, 1.54) is 0 Å². The third kappa shape index (κ3) is 2.90. The predicted molar refractivity (Wildman–Crippen MR) is 85.9 cm³/mol. The number of ether oxygens (including phenoxy) is 1. The van der Waals surface area contributed by atoms with Crippen molar-refractivity contribution in [2.45, 2.75) is 57.8 Å². The fraction of sp³-hybridized carbons (Fsp3) is 0.765. The minimum absolute atomic E-state index is 0.120. The third-order valence-electron chi connectivity index (χ3n) is 5.76. The third-order valence-corrected chi connectivity index (χ3v) is 5.76. The predicted octanol–water partition coefficient (Wildman–Crippen LogP) is 1.22. The van der Waals surface area contributed by atoms with Gasteiger partial charge in [-0.3, -0.25) is 4.79 Å². The summed E-state index contributed by atoms with van der Waals surface area (Å²) in [7, 11) is 1.71. The standard InChI is InChI=1S/C17H27N3O3/c1-3-15-18-7-11-19(15)8-4-16(22)20-9-5-17(6-10-20)13(21)12-14(17)23-2/h7,11,13-14,21H,3-6,8-10,12H2,1-2H3/t13-,14+/m0/s1. The summed E-state index contributed by atoms with van der Waals surface area (Å²) in [5.74, 6) is 1.22. The van der Waals surface area contributed by atoms with Crippen molar-refractivity contribution in [3.8, 4) is 0 Å². The SMILES string of the molecule is CCc1nccn1CCC(=O)N1CCC2(CC1)[C@@H](O)C[C@H]2OC. The molecule has 1 saturated carbocycles. The average molecular weight is 321 g/mol. The minimum Gasteiger partial charge on any atom is -0.392 e. The number of carbonyl (C=O) groups excluding carboxylic acids is 1. The highest BCUT2D eigenvalue weighted by atomic mass is 16.5. The first-order valence-corrected chi connectivity index (χ1v) is 8.59. The molecule has 6 nitrogen and oxygen atoms in total. The van der Waals surface area contributed by atoms with Crippen LogP contribution in [0.1, 0.15) is 38.4 Å². The number of rotatable bonds is 5. The Morgan fingerprint density at radius 3 is 2.83 bits per heavy atom. The highest BCUT2D eigenvalue weighted by Gasteiger charge is 2.56. The molecule has 3 rings (SSSR count). The van der Waals surface area contributed by atoms with Crippen LogP contribution in [0, 0.1) is 5.41 Å². The molecule has 6 heteroatoms. The molecule has 2 aliphatic rings. The van der Waals surface area contributed by atoms with E-state index < -0.39 is 0 Å². The van der Waals surface area contributed by atoms with Crippen LogP contribution < -0.4 is 0 Å². The zero-order valence-electron chi connectivity index (χ0n) is 14.1. The van der Waals surface area contributed by atoms with Gasteiger partial charge in [-0.15, -0.1) is 0 Å². The summed E-state index contributed by atoms with van der Waals surface area (Å²) in [6, 6.07) is 0. The fourth-order valence-corrected chi connectivity index (χ4v) is 4.12. The number of amides is 1. The molecule has 128 valence electrons. The normalized spacial score (nSPS) is 26.3. The van der Waals surface area contributed by atoms with Gasteiger partial charge >= 0.3 is 0 Å². The number of imidazole rings is 1. The number of aryl methyl sites for hydroxylation is 2. The zero-order chi connectivity index (χ0) is 16.4. The van der Waals surface area contributed by atoms with Crippen LogP contribution in [-0.2, 0) is 22.5 Å². The van der Waals surface area contributed by atoms with Crippen LogP contribution in [0.3, 0.4) is 0 Å². The van der Waals surface area contributed by atoms with Crippen molar-refractivity contribution in [2.24, 2.45) is 5.41 Å². The van der Waals surface area contributed by atoms with Gasteiger partial charge in [-0.05, 0) is 12.8 Å². The largest absolute Gasteiger partial charge is 0.392 e. The molecule has 23 heavy (non-hydrogen) atoms. The van der Waals surface area contributed by atoms with E-state index >= 15 is 0 Å². The van der Waals surface area contributed by atoms with E-state index in [0.29, 0.717) is 13.0 Å². The lowest BCUT2D eigenvalue weighted by Crippen LogP contribution is -2.62.